The van der Waals surface area contributed by atoms with E-state index >= 15 is 0 Å². The van der Waals surface area contributed by atoms with Gasteiger partial charge in [-0.2, -0.15) is 0 Å². The minimum atomic E-state index is -1.85. The number of nitro benzene ring substituents is 1. The molecular weight excluding hydrogens is 380 g/mol. The Bertz CT molecular complexity index is 1080. The van der Waals surface area contributed by atoms with E-state index in [0.29, 0.717) is 5.56 Å². The Morgan fingerprint density at radius 1 is 0.931 bits per heavy atom. The second-order valence-corrected chi connectivity index (χ2v) is 7.26. The van der Waals surface area contributed by atoms with Gasteiger partial charge in [-0.25, -0.2) is 4.79 Å². The highest BCUT2D eigenvalue weighted by atomic mass is 16.8. The highest BCUT2D eigenvalue weighted by Gasteiger charge is 2.82. The fraction of sp³-hybridized carbons (Fsp3) is 0.250. The number of benzene rings is 2. The van der Waals surface area contributed by atoms with Gasteiger partial charge in [0.2, 0.25) is 17.4 Å². The Labute approximate surface area is 164 Å². The van der Waals surface area contributed by atoms with Crippen molar-refractivity contribution in [3.63, 3.8) is 0 Å². The number of imide groups is 1. The number of carbonyl (C=O) groups excluding carboxylic acids is 3. The van der Waals surface area contributed by atoms with Gasteiger partial charge in [-0.15, -0.1) is 0 Å². The van der Waals surface area contributed by atoms with Crippen molar-refractivity contribution < 1.29 is 28.8 Å². The number of nitro groups is 1. The third-order valence-corrected chi connectivity index (χ3v) is 5.92. The van der Waals surface area contributed by atoms with E-state index in [2.05, 4.69) is 0 Å². The number of likely N-dealkylation sites (tertiary alicyclic amines) is 1. The average molecular weight is 394 g/mol. The normalized spacial score (nSPS) is 32.4. The molecule has 3 aliphatic heterocycles. The second kappa shape index (κ2) is 5.48. The van der Waals surface area contributed by atoms with E-state index in [1.165, 1.54) is 31.3 Å². The fourth-order valence-corrected chi connectivity index (χ4v) is 4.59. The van der Waals surface area contributed by atoms with Crippen LogP contribution < -0.4 is 0 Å². The molecule has 0 saturated carbocycles. The first-order chi connectivity index (χ1) is 13.8. The van der Waals surface area contributed by atoms with Crippen LogP contribution in [0, 0.1) is 22.0 Å². The average Bonchev–Trinajstić information content (AvgIpc) is 3.30. The summed E-state index contributed by atoms with van der Waals surface area (Å²) in [7, 11) is 1.36. The zero-order valence-electron chi connectivity index (χ0n) is 15.1. The van der Waals surface area contributed by atoms with Crippen LogP contribution in [-0.2, 0) is 35.2 Å². The molecule has 3 saturated heterocycles. The molecule has 29 heavy (non-hydrogen) atoms. The number of amides is 2. The molecule has 2 amide bonds. The number of nitrogens with zero attached hydrogens (tertiary/aromatic N) is 2. The monoisotopic (exact) mass is 394 g/mol. The van der Waals surface area contributed by atoms with Gasteiger partial charge in [-0.3, -0.25) is 24.6 Å². The van der Waals surface area contributed by atoms with Gasteiger partial charge in [0, 0.05) is 24.7 Å². The molecule has 5 rings (SSSR count). The molecule has 2 aromatic carbocycles. The lowest BCUT2D eigenvalue weighted by Gasteiger charge is -2.31. The van der Waals surface area contributed by atoms with Crippen molar-refractivity contribution in [2.75, 3.05) is 7.05 Å². The molecule has 146 valence electrons. The first-order valence-corrected chi connectivity index (χ1v) is 8.88. The van der Waals surface area contributed by atoms with Crippen LogP contribution in [0.25, 0.3) is 0 Å². The highest BCUT2D eigenvalue weighted by molar-refractivity contribution is 6.10. The summed E-state index contributed by atoms with van der Waals surface area (Å²) in [6.45, 7) is 0. The van der Waals surface area contributed by atoms with Crippen LogP contribution in [0.2, 0.25) is 0 Å². The molecule has 4 atom stereocenters. The fourth-order valence-electron chi connectivity index (χ4n) is 4.59. The molecule has 9 nitrogen and oxygen atoms in total. The predicted octanol–water partition coefficient (Wildman–Crippen LogP) is 1.46. The van der Waals surface area contributed by atoms with Crippen molar-refractivity contribution >= 4 is 23.5 Å². The lowest BCUT2D eigenvalue weighted by atomic mass is 9.73. The van der Waals surface area contributed by atoms with Gasteiger partial charge in [0.05, 0.1) is 4.92 Å². The molecule has 0 spiro atoms. The minimum Gasteiger partial charge on any atom is -0.425 e. The second-order valence-electron chi connectivity index (χ2n) is 7.26. The molecule has 0 aliphatic carbocycles. The number of esters is 1. The predicted molar refractivity (Wildman–Crippen MR) is 94.8 cm³/mol. The van der Waals surface area contributed by atoms with Gasteiger partial charge in [-0.1, -0.05) is 30.3 Å². The van der Waals surface area contributed by atoms with Gasteiger partial charge >= 0.3 is 5.97 Å². The third-order valence-electron chi connectivity index (χ3n) is 5.92. The Kier molecular flexibility index (Phi) is 3.31. The van der Waals surface area contributed by atoms with Crippen molar-refractivity contribution in [2.45, 2.75) is 11.4 Å². The molecule has 0 unspecified atom stereocenters. The summed E-state index contributed by atoms with van der Waals surface area (Å²) in [6.07, 6.45) is 0. The number of hydrogen-bond donors (Lipinski definition) is 0. The zero-order chi connectivity index (χ0) is 20.6. The SMILES string of the molecule is CN1C(=O)[C@@H]2[C@H](C1=O)[C@]1(c3ccc([N+](=O)[O-])cc3)O[C@@]2(c2ccccc2)OC1=O. The van der Waals surface area contributed by atoms with Crippen molar-refractivity contribution in [3.8, 4) is 0 Å². The summed E-state index contributed by atoms with van der Waals surface area (Å²) in [5.41, 5.74) is -1.35. The van der Waals surface area contributed by atoms with Gasteiger partial charge in [0.15, 0.2) is 0 Å². The Morgan fingerprint density at radius 3 is 2.17 bits per heavy atom. The molecule has 3 heterocycles. The molecule has 2 aromatic rings. The van der Waals surface area contributed by atoms with E-state index in [0.717, 1.165) is 4.90 Å². The first kappa shape index (κ1) is 17.5. The zero-order valence-corrected chi connectivity index (χ0v) is 15.1. The molecule has 2 bridgehead atoms. The summed E-state index contributed by atoms with van der Waals surface area (Å²) < 4.78 is 11.8. The van der Waals surface area contributed by atoms with Crippen LogP contribution in [0.5, 0.6) is 0 Å². The van der Waals surface area contributed by atoms with Gasteiger partial charge in [0.25, 0.3) is 11.5 Å². The number of fused-ring (bicyclic) bond motifs is 5. The summed E-state index contributed by atoms with van der Waals surface area (Å²) in [5.74, 6) is -5.75. The van der Waals surface area contributed by atoms with E-state index in [9.17, 15) is 24.5 Å². The molecule has 0 radical (unpaired) electrons. The molecular formula is C20H14N2O7. The number of carbonyl (C=O) groups is 3. The number of ether oxygens (including phenoxy) is 2. The summed E-state index contributed by atoms with van der Waals surface area (Å²) in [4.78, 5) is 50.4. The Balaban J connectivity index is 1.74. The van der Waals surface area contributed by atoms with E-state index in [-0.39, 0.29) is 11.3 Å². The van der Waals surface area contributed by atoms with Crippen molar-refractivity contribution in [3.05, 3.63) is 75.8 Å². The first-order valence-electron chi connectivity index (χ1n) is 8.88. The van der Waals surface area contributed by atoms with E-state index in [1.54, 1.807) is 30.3 Å². The Hall–Kier alpha value is -3.59. The maximum atomic E-state index is 13.1. The lowest BCUT2D eigenvalue weighted by molar-refractivity contribution is -0.384. The number of hydrogen-bond acceptors (Lipinski definition) is 7. The summed E-state index contributed by atoms with van der Waals surface area (Å²) in [6, 6.07) is 13.7. The van der Waals surface area contributed by atoms with E-state index in [4.69, 9.17) is 9.47 Å². The van der Waals surface area contributed by atoms with Crippen LogP contribution in [0.15, 0.2) is 54.6 Å². The minimum absolute atomic E-state index is 0.175. The Morgan fingerprint density at radius 2 is 1.55 bits per heavy atom. The quantitative estimate of drug-likeness (QED) is 0.335. The van der Waals surface area contributed by atoms with Gasteiger partial charge < -0.3 is 9.47 Å². The topological polar surface area (TPSA) is 116 Å². The molecule has 0 aromatic heterocycles. The van der Waals surface area contributed by atoms with Crippen molar-refractivity contribution in [1.29, 1.82) is 0 Å². The molecule has 0 N–H and O–H groups in total. The van der Waals surface area contributed by atoms with Crippen LogP contribution in [0.1, 0.15) is 11.1 Å². The van der Waals surface area contributed by atoms with Crippen LogP contribution >= 0.6 is 0 Å². The largest absolute Gasteiger partial charge is 0.425 e. The van der Waals surface area contributed by atoms with Crippen LogP contribution in [-0.4, -0.2) is 34.7 Å². The van der Waals surface area contributed by atoms with Crippen molar-refractivity contribution in [2.24, 2.45) is 11.8 Å². The van der Waals surface area contributed by atoms with Crippen molar-refractivity contribution in [1.82, 2.24) is 4.90 Å². The maximum absolute atomic E-state index is 13.1. The highest BCUT2D eigenvalue weighted by Crippen LogP contribution is 2.65. The lowest BCUT2D eigenvalue weighted by Crippen LogP contribution is -2.47. The van der Waals surface area contributed by atoms with E-state index < -0.39 is 45.9 Å². The molecule has 9 heteroatoms. The summed E-state index contributed by atoms with van der Waals surface area (Å²) >= 11 is 0. The van der Waals surface area contributed by atoms with Crippen LogP contribution in [0.4, 0.5) is 5.69 Å². The number of non-ortho nitro benzene ring substituents is 1. The summed E-state index contributed by atoms with van der Waals surface area (Å²) in [5, 5.41) is 11.0. The molecule has 3 aliphatic rings. The number of rotatable bonds is 3. The van der Waals surface area contributed by atoms with Gasteiger partial charge in [0.1, 0.15) is 11.8 Å². The third kappa shape index (κ3) is 1.94. The smallest absolute Gasteiger partial charge is 0.346 e. The standard InChI is InChI=1S/C20H14N2O7/c1-21-16(23)14-15(17(21)24)20(12-5-3-2-4-6-12)28-18(25)19(14,29-20)11-7-9-13(10-8-11)22(26)27/h2-10,14-15H,1H3/t14-,15+,19+,20-/m1/s1. The van der Waals surface area contributed by atoms with Gasteiger partial charge in [-0.05, 0) is 17.7 Å². The maximum Gasteiger partial charge on any atom is 0.346 e. The van der Waals surface area contributed by atoms with Crippen LogP contribution in [0.3, 0.4) is 0 Å². The molecule has 3 fully saturated rings. The van der Waals surface area contributed by atoms with E-state index in [1.807, 2.05) is 0 Å².